The second-order valence-electron chi connectivity index (χ2n) is 7.88. The molecule has 2 heterocycles. The molecule has 2 amide bonds. The van der Waals surface area contributed by atoms with Crippen LogP contribution >= 0.6 is 0 Å². The molecule has 1 aliphatic rings. The molecule has 0 aliphatic carbocycles. The van der Waals surface area contributed by atoms with Gasteiger partial charge in [-0.25, -0.2) is 14.3 Å². The molecule has 1 aromatic heterocycles. The molecule has 0 saturated heterocycles. The van der Waals surface area contributed by atoms with Gasteiger partial charge in [-0.3, -0.25) is 10.1 Å². The van der Waals surface area contributed by atoms with Crippen LogP contribution in [-0.4, -0.2) is 39.9 Å². The van der Waals surface area contributed by atoms with Gasteiger partial charge in [0.05, 0.1) is 41.1 Å². The highest BCUT2D eigenvalue weighted by Crippen LogP contribution is 2.38. The summed E-state index contributed by atoms with van der Waals surface area (Å²) in [4.78, 5) is 36.5. The number of benzene rings is 2. The molecule has 186 valence electrons. The maximum absolute atomic E-state index is 12.9. The third kappa shape index (κ3) is 4.76. The highest BCUT2D eigenvalue weighted by atomic mass is 16.6. The molecule has 0 bridgehead atoms. The number of carbonyl (C=O) groups is 2. The average molecular weight is 492 g/mol. The molecule has 4 rings (SSSR count). The molecule has 3 aromatic rings. The number of hydrogen-bond donors (Lipinski definition) is 2. The first-order valence-corrected chi connectivity index (χ1v) is 11.4. The van der Waals surface area contributed by atoms with Gasteiger partial charge in [-0.05, 0) is 45.0 Å². The number of nitro benzene ring substituents is 1. The van der Waals surface area contributed by atoms with Crippen molar-refractivity contribution in [3.8, 4) is 22.7 Å². The number of ether oxygens (including phenoxy) is 2. The van der Waals surface area contributed by atoms with Crippen LogP contribution in [-0.2, 0) is 9.53 Å². The molecule has 0 saturated carbocycles. The summed E-state index contributed by atoms with van der Waals surface area (Å²) in [6.45, 7) is 5.46. The molecule has 0 fully saturated rings. The highest BCUT2D eigenvalue weighted by molar-refractivity contribution is 5.95. The molecule has 1 aliphatic heterocycles. The smallest absolute Gasteiger partial charge is 0.338 e. The van der Waals surface area contributed by atoms with E-state index >= 15 is 0 Å². The van der Waals surface area contributed by atoms with Crippen LogP contribution in [0.3, 0.4) is 0 Å². The molecular weight excluding hydrogens is 466 g/mol. The summed E-state index contributed by atoms with van der Waals surface area (Å²) < 4.78 is 12.3. The largest absolute Gasteiger partial charge is 0.487 e. The number of nitro groups is 1. The predicted molar refractivity (Wildman–Crippen MR) is 131 cm³/mol. The average Bonchev–Trinajstić information content (AvgIpc) is 3.30. The van der Waals surface area contributed by atoms with E-state index in [0.29, 0.717) is 22.5 Å². The summed E-state index contributed by atoms with van der Waals surface area (Å²) in [5.41, 5.74) is 2.30. The fourth-order valence-corrected chi connectivity index (χ4v) is 4.03. The number of amides is 2. The Labute approximate surface area is 206 Å². The fraction of sp³-hybridized carbons (Fsp3) is 0.240. The monoisotopic (exact) mass is 491 g/mol. The second kappa shape index (κ2) is 10.3. The van der Waals surface area contributed by atoms with Gasteiger partial charge >= 0.3 is 17.7 Å². The van der Waals surface area contributed by atoms with Crippen LogP contribution in [0.5, 0.6) is 5.75 Å². The zero-order chi connectivity index (χ0) is 25.8. The first-order chi connectivity index (χ1) is 17.3. The number of allylic oxidation sites excluding steroid dienone is 1. The van der Waals surface area contributed by atoms with Crippen LogP contribution in [0.2, 0.25) is 0 Å². The molecule has 2 aromatic carbocycles. The Kier molecular flexibility index (Phi) is 7.00. The van der Waals surface area contributed by atoms with Crippen LogP contribution in [0.1, 0.15) is 32.4 Å². The molecule has 0 spiro atoms. The summed E-state index contributed by atoms with van der Waals surface area (Å²) in [7, 11) is 0. The van der Waals surface area contributed by atoms with Gasteiger partial charge in [0.2, 0.25) is 0 Å². The fourth-order valence-electron chi connectivity index (χ4n) is 4.03. The quantitative estimate of drug-likeness (QED) is 0.276. The van der Waals surface area contributed by atoms with Gasteiger partial charge in [0, 0.05) is 29.1 Å². The highest BCUT2D eigenvalue weighted by Gasteiger charge is 2.35. The van der Waals surface area contributed by atoms with E-state index in [1.54, 1.807) is 37.7 Å². The Morgan fingerprint density at radius 1 is 1.17 bits per heavy atom. The molecule has 1 atom stereocenters. The minimum Gasteiger partial charge on any atom is -0.487 e. The van der Waals surface area contributed by atoms with Gasteiger partial charge in [0.15, 0.2) is 5.75 Å². The van der Waals surface area contributed by atoms with Crippen molar-refractivity contribution < 1.29 is 24.0 Å². The van der Waals surface area contributed by atoms with E-state index in [-0.39, 0.29) is 30.2 Å². The Hall–Kier alpha value is -4.67. The zero-order valence-corrected chi connectivity index (χ0v) is 20.0. The normalized spacial score (nSPS) is 15.2. The van der Waals surface area contributed by atoms with Crippen molar-refractivity contribution in [3.63, 3.8) is 0 Å². The van der Waals surface area contributed by atoms with E-state index in [0.717, 1.165) is 5.69 Å². The lowest BCUT2D eigenvalue weighted by Crippen LogP contribution is -2.45. The maximum atomic E-state index is 12.9. The minimum atomic E-state index is -0.907. The lowest BCUT2D eigenvalue weighted by atomic mass is 9.93. The van der Waals surface area contributed by atoms with Gasteiger partial charge in [-0.2, -0.15) is 5.10 Å². The summed E-state index contributed by atoms with van der Waals surface area (Å²) in [6, 6.07) is 12.4. The first-order valence-electron chi connectivity index (χ1n) is 11.4. The number of carbonyl (C=O) groups excluding carboxylic acids is 2. The summed E-state index contributed by atoms with van der Waals surface area (Å²) in [5, 5.41) is 21.8. The number of nitrogens with one attached hydrogen (secondary N) is 2. The van der Waals surface area contributed by atoms with Crippen LogP contribution in [0.15, 0.2) is 66.0 Å². The zero-order valence-electron chi connectivity index (χ0n) is 20.0. The van der Waals surface area contributed by atoms with Gasteiger partial charge in [-0.1, -0.05) is 18.2 Å². The molecule has 11 heteroatoms. The minimum absolute atomic E-state index is 0.133. The third-order valence-corrected chi connectivity index (χ3v) is 5.57. The van der Waals surface area contributed by atoms with Crippen molar-refractivity contribution in [2.24, 2.45) is 0 Å². The van der Waals surface area contributed by atoms with Gasteiger partial charge in [-0.15, -0.1) is 0 Å². The molecule has 36 heavy (non-hydrogen) atoms. The van der Waals surface area contributed by atoms with Crippen LogP contribution in [0, 0.1) is 10.1 Å². The van der Waals surface area contributed by atoms with Crippen molar-refractivity contribution >= 4 is 17.7 Å². The topological polar surface area (TPSA) is 138 Å². The van der Waals surface area contributed by atoms with E-state index in [4.69, 9.17) is 14.6 Å². The summed E-state index contributed by atoms with van der Waals surface area (Å²) >= 11 is 0. The van der Waals surface area contributed by atoms with E-state index in [2.05, 4.69) is 10.6 Å². The van der Waals surface area contributed by atoms with Crippen molar-refractivity contribution in [3.05, 3.63) is 81.7 Å². The first kappa shape index (κ1) is 24.5. The Balaban J connectivity index is 1.93. The van der Waals surface area contributed by atoms with Crippen LogP contribution < -0.4 is 15.4 Å². The molecule has 11 nitrogen and oxygen atoms in total. The molecule has 2 N–H and O–H groups in total. The molecule has 0 unspecified atom stereocenters. The SMILES string of the molecule is CCOC(=O)C1=C(C)NC(=O)N[C@H]1c1cn(-c2ccccc2)nc1-c1ccc(OCC)c([N+](=O)[O-])c1. The number of esters is 1. The van der Waals surface area contributed by atoms with Crippen molar-refractivity contribution in [2.75, 3.05) is 13.2 Å². The Morgan fingerprint density at radius 2 is 1.92 bits per heavy atom. The van der Waals surface area contributed by atoms with Crippen LogP contribution in [0.4, 0.5) is 10.5 Å². The number of rotatable bonds is 8. The van der Waals surface area contributed by atoms with Gasteiger partial charge in [0.1, 0.15) is 0 Å². The van der Waals surface area contributed by atoms with E-state index in [1.807, 2.05) is 30.3 Å². The van der Waals surface area contributed by atoms with Gasteiger partial charge < -0.3 is 20.1 Å². The maximum Gasteiger partial charge on any atom is 0.338 e. The Morgan fingerprint density at radius 3 is 2.58 bits per heavy atom. The van der Waals surface area contributed by atoms with Crippen LogP contribution in [0.25, 0.3) is 16.9 Å². The summed E-state index contributed by atoms with van der Waals surface area (Å²) in [6.07, 6.45) is 1.69. The number of para-hydroxylation sites is 1. The lowest BCUT2D eigenvalue weighted by molar-refractivity contribution is -0.385. The second-order valence-corrected chi connectivity index (χ2v) is 7.88. The van der Waals surface area contributed by atoms with Crippen molar-refractivity contribution in [1.82, 2.24) is 20.4 Å². The van der Waals surface area contributed by atoms with E-state index in [1.165, 1.54) is 12.1 Å². The van der Waals surface area contributed by atoms with Gasteiger partial charge in [0.25, 0.3) is 0 Å². The lowest BCUT2D eigenvalue weighted by Gasteiger charge is -2.27. The predicted octanol–water partition coefficient (Wildman–Crippen LogP) is 4.04. The summed E-state index contributed by atoms with van der Waals surface area (Å²) in [5.74, 6) is -0.461. The molecular formula is C25H25N5O6. The number of hydrogen-bond acceptors (Lipinski definition) is 7. The standard InChI is InChI=1S/C25H25N5O6/c1-4-35-20-12-11-16(13-19(20)30(33)34)22-18(14-29(28-22)17-9-7-6-8-10-17)23-21(24(31)36-5-2)15(3)26-25(32)27-23/h6-14,23H,4-5H2,1-3H3,(H2,26,27,32)/t23-/m0/s1. The number of aromatic nitrogens is 2. The van der Waals surface area contributed by atoms with Crippen molar-refractivity contribution in [1.29, 1.82) is 0 Å². The van der Waals surface area contributed by atoms with Crippen molar-refractivity contribution in [2.45, 2.75) is 26.8 Å². The Bertz CT molecular complexity index is 1350. The molecule has 0 radical (unpaired) electrons. The van der Waals surface area contributed by atoms with E-state index in [9.17, 15) is 19.7 Å². The third-order valence-electron chi connectivity index (χ3n) is 5.57. The number of urea groups is 1. The number of nitrogens with zero attached hydrogens (tertiary/aromatic N) is 3. The van der Waals surface area contributed by atoms with E-state index < -0.39 is 23.0 Å².